The summed E-state index contributed by atoms with van der Waals surface area (Å²) < 4.78 is 21.3. The minimum absolute atomic E-state index is 0.192. The number of aliphatic carboxylic acids is 1. The molecule has 0 fully saturated rings. The number of ether oxygens (including phenoxy) is 1. The van der Waals surface area contributed by atoms with Crippen LogP contribution in [0.3, 0.4) is 0 Å². The maximum atomic E-state index is 13.5. The van der Waals surface area contributed by atoms with Crippen LogP contribution in [0.5, 0.6) is 5.75 Å². The largest absolute Gasteiger partial charge is 0.478 e. The maximum Gasteiger partial charge on any atom is 0.331 e. The van der Waals surface area contributed by atoms with Crippen LogP contribution in [0.25, 0.3) is 0 Å². The fraction of sp³-hybridized carbons (Fsp3) is 0.375. The number of benzene rings is 2. The van der Waals surface area contributed by atoms with E-state index in [9.17, 15) is 9.18 Å². The van der Waals surface area contributed by atoms with Crippen molar-refractivity contribution in [3.8, 4) is 5.75 Å². The first-order valence-corrected chi connectivity index (χ1v) is 12.7. The Morgan fingerprint density at radius 1 is 1.34 bits per heavy atom. The number of hydrogen-bond acceptors (Lipinski definition) is 6. The first kappa shape index (κ1) is 24.5. The number of carboxylic acid groups (broad SMARTS) is 1. The number of fused-ring (bicyclic) bond motifs is 1. The Kier molecular flexibility index (Phi) is 9.32. The fourth-order valence-electron chi connectivity index (χ4n) is 3.67. The van der Waals surface area contributed by atoms with Crippen LogP contribution in [-0.4, -0.2) is 47.4 Å². The van der Waals surface area contributed by atoms with Crippen LogP contribution in [0, 0.1) is 0 Å². The molecule has 0 amide bonds. The minimum atomic E-state index is -1.07. The van der Waals surface area contributed by atoms with E-state index in [1.807, 2.05) is 30.5 Å². The molecule has 8 heteroatoms. The van der Waals surface area contributed by atoms with Gasteiger partial charge in [-0.25, -0.2) is 13.5 Å². The summed E-state index contributed by atoms with van der Waals surface area (Å²) in [6.45, 7) is 2.87. The number of thioether (sulfide) groups is 1. The Labute approximate surface area is 197 Å². The molecule has 1 aliphatic heterocycles. The van der Waals surface area contributed by atoms with Crippen LogP contribution in [0.15, 0.2) is 64.6 Å². The van der Waals surface area contributed by atoms with Crippen molar-refractivity contribution in [2.75, 3.05) is 30.9 Å². The second-order valence-electron chi connectivity index (χ2n) is 7.39. The monoisotopic (exact) mass is 476 g/mol. The highest BCUT2D eigenvalue weighted by Crippen LogP contribution is 2.46. The molecule has 172 valence electrons. The Bertz CT molecular complexity index is 927. The molecule has 5 nitrogen and oxygen atoms in total. The number of anilines is 2. The zero-order valence-corrected chi connectivity index (χ0v) is 20.0. The first-order chi connectivity index (χ1) is 15.6. The molecule has 2 aromatic carbocycles. The predicted molar refractivity (Wildman–Crippen MR) is 131 cm³/mol. The van der Waals surface area contributed by atoms with Crippen LogP contribution < -0.4 is 9.64 Å². The number of carboxylic acids is 1. The van der Waals surface area contributed by atoms with Crippen LogP contribution >= 0.6 is 23.7 Å². The quantitative estimate of drug-likeness (QED) is 0.185. The summed E-state index contributed by atoms with van der Waals surface area (Å²) in [6, 6.07) is 14.4. The third-order valence-electron chi connectivity index (χ3n) is 5.22. The van der Waals surface area contributed by atoms with E-state index in [2.05, 4.69) is 34.3 Å². The lowest BCUT2D eigenvalue weighted by molar-refractivity contribution is -0.131. The SMILES string of the molecule is CCCCC1CN(c2ccccc2)c2cc(SC)c(O/C=C/C(=O)O)cc2SN1CCF. The number of carbonyl (C=O) groups is 1. The molecule has 0 saturated carbocycles. The molecule has 2 aromatic rings. The summed E-state index contributed by atoms with van der Waals surface area (Å²) >= 11 is 3.10. The average Bonchev–Trinajstić information content (AvgIpc) is 2.94. The highest BCUT2D eigenvalue weighted by Gasteiger charge is 2.30. The van der Waals surface area contributed by atoms with Gasteiger partial charge in [-0.1, -0.05) is 38.0 Å². The van der Waals surface area contributed by atoms with Gasteiger partial charge in [-0.15, -0.1) is 11.8 Å². The van der Waals surface area contributed by atoms with Gasteiger partial charge < -0.3 is 14.7 Å². The van der Waals surface area contributed by atoms with Crippen molar-refractivity contribution in [3.05, 3.63) is 54.8 Å². The molecule has 1 heterocycles. The lowest BCUT2D eigenvalue weighted by Crippen LogP contribution is -2.38. The van der Waals surface area contributed by atoms with Gasteiger partial charge in [-0.2, -0.15) is 0 Å². The van der Waals surface area contributed by atoms with E-state index in [1.54, 1.807) is 23.7 Å². The van der Waals surface area contributed by atoms with Crippen molar-refractivity contribution in [3.63, 3.8) is 0 Å². The molecular formula is C24H29FN2O3S2. The third-order valence-corrected chi connectivity index (χ3v) is 7.22. The third kappa shape index (κ3) is 6.21. The van der Waals surface area contributed by atoms with E-state index in [0.717, 1.165) is 53.0 Å². The smallest absolute Gasteiger partial charge is 0.331 e. The Hall–Kier alpha value is -2.16. The molecule has 0 spiro atoms. The molecule has 1 aliphatic rings. The van der Waals surface area contributed by atoms with Gasteiger partial charge in [0.15, 0.2) is 0 Å². The molecule has 0 saturated heterocycles. The van der Waals surface area contributed by atoms with Crippen molar-refractivity contribution in [1.29, 1.82) is 0 Å². The zero-order valence-electron chi connectivity index (χ0n) is 18.4. The van der Waals surface area contributed by atoms with E-state index in [1.165, 1.54) is 6.26 Å². The Morgan fingerprint density at radius 3 is 2.78 bits per heavy atom. The number of alkyl halides is 1. The highest BCUT2D eigenvalue weighted by molar-refractivity contribution is 7.98. The summed E-state index contributed by atoms with van der Waals surface area (Å²) in [6.07, 6.45) is 7.27. The van der Waals surface area contributed by atoms with Gasteiger partial charge >= 0.3 is 5.97 Å². The molecule has 1 N–H and O–H groups in total. The van der Waals surface area contributed by atoms with Crippen molar-refractivity contribution in [2.24, 2.45) is 0 Å². The van der Waals surface area contributed by atoms with E-state index in [-0.39, 0.29) is 6.04 Å². The van der Waals surface area contributed by atoms with Gasteiger partial charge in [-0.05, 0) is 48.9 Å². The fourth-order valence-corrected chi connectivity index (χ4v) is 5.37. The Morgan fingerprint density at radius 2 is 2.12 bits per heavy atom. The van der Waals surface area contributed by atoms with Crippen molar-refractivity contribution < 1.29 is 19.0 Å². The van der Waals surface area contributed by atoms with Gasteiger partial charge in [0.2, 0.25) is 0 Å². The second-order valence-corrected chi connectivity index (χ2v) is 9.33. The number of halogens is 1. The summed E-state index contributed by atoms with van der Waals surface area (Å²) in [7, 11) is 0. The normalized spacial score (nSPS) is 16.7. The van der Waals surface area contributed by atoms with Gasteiger partial charge in [0.1, 0.15) is 12.4 Å². The second kappa shape index (κ2) is 12.2. The molecule has 3 rings (SSSR count). The van der Waals surface area contributed by atoms with Gasteiger partial charge in [0, 0.05) is 24.8 Å². The molecular weight excluding hydrogens is 447 g/mol. The van der Waals surface area contributed by atoms with E-state index >= 15 is 0 Å². The van der Waals surface area contributed by atoms with Crippen LogP contribution in [0.2, 0.25) is 0 Å². The number of nitrogens with zero attached hydrogens (tertiary/aromatic N) is 2. The molecule has 0 bridgehead atoms. The molecule has 1 unspecified atom stereocenters. The molecule has 0 aliphatic carbocycles. The minimum Gasteiger partial charge on any atom is -0.478 e. The maximum absolute atomic E-state index is 13.5. The summed E-state index contributed by atoms with van der Waals surface area (Å²) in [5, 5.41) is 8.88. The Balaban J connectivity index is 2.08. The van der Waals surface area contributed by atoms with Gasteiger partial charge in [0.25, 0.3) is 0 Å². The van der Waals surface area contributed by atoms with E-state index in [4.69, 9.17) is 9.84 Å². The number of rotatable bonds is 10. The molecule has 0 radical (unpaired) electrons. The number of hydrogen-bond donors (Lipinski definition) is 1. The lowest BCUT2D eigenvalue weighted by atomic mass is 10.1. The lowest BCUT2D eigenvalue weighted by Gasteiger charge is -2.31. The highest BCUT2D eigenvalue weighted by atomic mass is 32.2. The molecule has 1 atom stereocenters. The van der Waals surface area contributed by atoms with Crippen LogP contribution in [0.4, 0.5) is 15.8 Å². The zero-order chi connectivity index (χ0) is 22.9. The van der Waals surface area contributed by atoms with Crippen molar-refractivity contribution in [2.45, 2.75) is 42.0 Å². The summed E-state index contributed by atoms with van der Waals surface area (Å²) in [5.74, 6) is -0.482. The summed E-state index contributed by atoms with van der Waals surface area (Å²) in [4.78, 5) is 15.0. The van der Waals surface area contributed by atoms with Gasteiger partial charge in [0.05, 0.1) is 27.8 Å². The van der Waals surface area contributed by atoms with Gasteiger partial charge in [-0.3, -0.25) is 0 Å². The predicted octanol–water partition coefficient (Wildman–Crippen LogP) is 6.37. The topological polar surface area (TPSA) is 53.0 Å². The molecule has 0 aromatic heterocycles. The van der Waals surface area contributed by atoms with E-state index < -0.39 is 12.6 Å². The number of para-hydroxylation sites is 1. The van der Waals surface area contributed by atoms with Crippen LogP contribution in [0.1, 0.15) is 26.2 Å². The molecule has 32 heavy (non-hydrogen) atoms. The van der Waals surface area contributed by atoms with Crippen LogP contribution in [-0.2, 0) is 4.79 Å². The average molecular weight is 477 g/mol. The van der Waals surface area contributed by atoms with Crippen molar-refractivity contribution >= 4 is 41.1 Å². The number of unbranched alkanes of at least 4 members (excludes halogenated alkanes) is 1. The van der Waals surface area contributed by atoms with E-state index in [0.29, 0.717) is 12.3 Å². The first-order valence-electron chi connectivity index (χ1n) is 10.7. The van der Waals surface area contributed by atoms with Crippen molar-refractivity contribution in [1.82, 2.24) is 4.31 Å². The summed E-state index contributed by atoms with van der Waals surface area (Å²) in [5.41, 5.74) is 2.13. The standard InChI is InChI=1S/C24H29FN2O3S2/c1-3-4-8-19-17-26(18-9-6-5-7-10-18)20-15-23(31-2)21(30-14-11-24(28)29)16-22(20)32-27(19)13-12-25/h5-7,9-11,14-16,19H,3-4,8,12-13,17H2,1-2H3,(H,28,29)/b14-11+.